The molecular weight excluding hydrogens is 296 g/mol. The lowest BCUT2D eigenvalue weighted by atomic mass is 10.3. The van der Waals surface area contributed by atoms with Crippen molar-refractivity contribution in [1.29, 1.82) is 0 Å². The number of aryl methyl sites for hydroxylation is 2. The molecule has 0 unspecified atom stereocenters. The number of nitrogens with zero attached hydrogens (tertiary/aromatic N) is 4. The minimum absolute atomic E-state index is 0.191. The number of halogens is 1. The Morgan fingerprint density at radius 3 is 2.72 bits per heavy atom. The first kappa shape index (κ1) is 13.5. The van der Waals surface area contributed by atoms with E-state index in [1.165, 1.54) is 0 Å². The van der Waals surface area contributed by atoms with Crippen LogP contribution in [0.25, 0.3) is 0 Å². The molecule has 1 fully saturated rings. The summed E-state index contributed by atoms with van der Waals surface area (Å²) in [7, 11) is 1.86. The van der Waals surface area contributed by atoms with E-state index in [2.05, 4.69) is 32.9 Å². The number of carbonyl (C=O) groups is 1. The second-order valence-corrected chi connectivity index (χ2v) is 5.48. The Balaban J connectivity index is 2.12. The van der Waals surface area contributed by atoms with Crippen LogP contribution < -0.4 is 0 Å². The summed E-state index contributed by atoms with van der Waals surface area (Å²) in [4.78, 5) is 15.7. The molecule has 0 saturated carbocycles. The van der Waals surface area contributed by atoms with Gasteiger partial charge in [-0.1, -0.05) is 0 Å². The van der Waals surface area contributed by atoms with E-state index < -0.39 is 0 Å². The number of rotatable bonds is 3. The van der Waals surface area contributed by atoms with Crippen LogP contribution in [0.5, 0.6) is 0 Å². The first-order valence-electron chi connectivity index (χ1n) is 6.21. The summed E-state index contributed by atoms with van der Waals surface area (Å²) in [6.45, 7) is 7.92. The zero-order chi connectivity index (χ0) is 13.3. The van der Waals surface area contributed by atoms with Gasteiger partial charge in [-0.15, -0.1) is 0 Å². The molecule has 2 rings (SSSR count). The predicted octanol–water partition coefficient (Wildman–Crippen LogP) is 1.25. The lowest BCUT2D eigenvalue weighted by Gasteiger charge is -2.31. The van der Waals surface area contributed by atoms with Crippen LogP contribution in [0.15, 0.2) is 4.47 Å². The van der Waals surface area contributed by atoms with Crippen LogP contribution in [0.3, 0.4) is 0 Å². The molecule has 0 atom stereocenters. The van der Waals surface area contributed by atoms with Gasteiger partial charge in [0, 0.05) is 33.2 Å². The van der Waals surface area contributed by atoms with Crippen LogP contribution in [-0.2, 0) is 17.9 Å². The van der Waals surface area contributed by atoms with E-state index in [0.29, 0.717) is 6.54 Å². The molecule has 0 aromatic carbocycles. The number of amides is 1. The van der Waals surface area contributed by atoms with Crippen molar-refractivity contribution in [3.63, 3.8) is 0 Å². The maximum Gasteiger partial charge on any atom is 0.236 e. The second kappa shape index (κ2) is 5.40. The van der Waals surface area contributed by atoms with Crippen molar-refractivity contribution in [3.05, 3.63) is 15.9 Å². The topological polar surface area (TPSA) is 41.4 Å². The Kier molecular flexibility index (Phi) is 4.07. The molecule has 1 aromatic rings. The van der Waals surface area contributed by atoms with E-state index in [9.17, 15) is 4.79 Å². The van der Waals surface area contributed by atoms with Gasteiger partial charge in [-0.2, -0.15) is 5.10 Å². The molecule has 6 heteroatoms. The molecule has 0 spiro atoms. The van der Waals surface area contributed by atoms with Gasteiger partial charge in [0.15, 0.2) is 0 Å². The van der Waals surface area contributed by atoms with E-state index in [1.54, 1.807) is 4.90 Å². The Hall–Kier alpha value is -0.880. The third-order valence-corrected chi connectivity index (χ3v) is 4.39. The molecule has 2 heterocycles. The van der Waals surface area contributed by atoms with Crippen molar-refractivity contribution in [2.45, 2.75) is 26.9 Å². The minimum atomic E-state index is 0.191. The molecule has 1 amide bonds. The van der Waals surface area contributed by atoms with E-state index in [-0.39, 0.29) is 5.91 Å². The molecule has 0 bridgehead atoms. The Morgan fingerprint density at radius 1 is 1.39 bits per heavy atom. The maximum atomic E-state index is 11.7. The van der Waals surface area contributed by atoms with Gasteiger partial charge in [-0.25, -0.2) is 0 Å². The van der Waals surface area contributed by atoms with Crippen molar-refractivity contribution < 1.29 is 4.79 Å². The summed E-state index contributed by atoms with van der Waals surface area (Å²) >= 11 is 3.59. The summed E-state index contributed by atoms with van der Waals surface area (Å²) in [6, 6.07) is 0. The van der Waals surface area contributed by atoms with Gasteiger partial charge in [-0.3, -0.25) is 14.4 Å². The fourth-order valence-electron chi connectivity index (χ4n) is 2.17. The number of aromatic nitrogens is 2. The van der Waals surface area contributed by atoms with Gasteiger partial charge < -0.3 is 4.90 Å². The largest absolute Gasteiger partial charge is 0.343 e. The standard InChI is InChI=1S/C12H19BrN4O/c1-4-17-10(12(13)9(2)14-17)7-16-6-5-15(3)11(18)8-16/h4-8H2,1-3H3. The number of hydrogen-bond acceptors (Lipinski definition) is 3. The van der Waals surface area contributed by atoms with Crippen LogP contribution >= 0.6 is 15.9 Å². The number of likely N-dealkylation sites (N-methyl/N-ethyl adjacent to an activating group) is 1. The van der Waals surface area contributed by atoms with Crippen molar-refractivity contribution in [2.24, 2.45) is 0 Å². The quantitative estimate of drug-likeness (QED) is 0.843. The Bertz CT molecular complexity index is 457. The zero-order valence-electron chi connectivity index (χ0n) is 11.1. The fourth-order valence-corrected chi connectivity index (χ4v) is 2.58. The van der Waals surface area contributed by atoms with Gasteiger partial charge in [0.05, 0.1) is 22.4 Å². The van der Waals surface area contributed by atoms with Crippen molar-refractivity contribution in [2.75, 3.05) is 26.7 Å². The summed E-state index contributed by atoms with van der Waals surface area (Å²) in [6.07, 6.45) is 0. The SMILES string of the molecule is CCn1nc(C)c(Br)c1CN1CCN(C)C(=O)C1. The highest BCUT2D eigenvalue weighted by molar-refractivity contribution is 9.10. The molecule has 1 saturated heterocycles. The van der Waals surface area contributed by atoms with Crippen molar-refractivity contribution >= 4 is 21.8 Å². The normalized spacial score (nSPS) is 17.6. The lowest BCUT2D eigenvalue weighted by molar-refractivity contribution is -0.134. The third-order valence-electron chi connectivity index (χ3n) is 3.36. The van der Waals surface area contributed by atoms with Crippen molar-refractivity contribution in [1.82, 2.24) is 19.6 Å². The molecule has 18 heavy (non-hydrogen) atoms. The third kappa shape index (κ3) is 2.59. The summed E-state index contributed by atoms with van der Waals surface area (Å²) < 4.78 is 3.07. The van der Waals surface area contributed by atoms with Crippen LogP contribution in [0.2, 0.25) is 0 Å². The average molecular weight is 315 g/mol. The molecule has 1 aliphatic rings. The van der Waals surface area contributed by atoms with Crippen LogP contribution in [0.1, 0.15) is 18.3 Å². The second-order valence-electron chi connectivity index (χ2n) is 4.69. The highest BCUT2D eigenvalue weighted by Crippen LogP contribution is 2.22. The van der Waals surface area contributed by atoms with E-state index in [4.69, 9.17) is 0 Å². The summed E-state index contributed by atoms with van der Waals surface area (Å²) in [5.41, 5.74) is 2.17. The molecule has 5 nitrogen and oxygen atoms in total. The fraction of sp³-hybridized carbons (Fsp3) is 0.667. The number of piperazine rings is 1. The predicted molar refractivity (Wildman–Crippen MR) is 73.3 cm³/mol. The molecule has 0 radical (unpaired) electrons. The number of hydrogen-bond donors (Lipinski definition) is 0. The van der Waals surface area contributed by atoms with E-state index in [0.717, 1.165) is 42.0 Å². The van der Waals surface area contributed by atoms with E-state index in [1.807, 2.05) is 18.7 Å². The summed E-state index contributed by atoms with van der Waals surface area (Å²) in [5.74, 6) is 0.191. The molecule has 0 N–H and O–H groups in total. The van der Waals surface area contributed by atoms with Gasteiger partial charge in [0.25, 0.3) is 0 Å². The maximum absolute atomic E-state index is 11.7. The van der Waals surface area contributed by atoms with Gasteiger partial charge in [0.1, 0.15) is 0 Å². The Labute approximate surface area is 116 Å². The first-order chi connectivity index (χ1) is 8.52. The minimum Gasteiger partial charge on any atom is -0.343 e. The smallest absolute Gasteiger partial charge is 0.236 e. The van der Waals surface area contributed by atoms with Gasteiger partial charge >= 0.3 is 0 Å². The highest BCUT2D eigenvalue weighted by Gasteiger charge is 2.23. The molecule has 1 aromatic heterocycles. The first-order valence-corrected chi connectivity index (χ1v) is 7.00. The van der Waals surface area contributed by atoms with Gasteiger partial charge in [-0.05, 0) is 29.8 Å². The monoisotopic (exact) mass is 314 g/mol. The number of carbonyl (C=O) groups excluding carboxylic acids is 1. The van der Waals surface area contributed by atoms with Crippen molar-refractivity contribution in [3.8, 4) is 0 Å². The van der Waals surface area contributed by atoms with Crippen LogP contribution in [0.4, 0.5) is 0 Å². The molecule has 0 aliphatic carbocycles. The Morgan fingerprint density at radius 2 is 2.11 bits per heavy atom. The molecule has 1 aliphatic heterocycles. The molecular formula is C12H19BrN4O. The highest BCUT2D eigenvalue weighted by atomic mass is 79.9. The molecule has 100 valence electrons. The zero-order valence-corrected chi connectivity index (χ0v) is 12.7. The lowest BCUT2D eigenvalue weighted by Crippen LogP contribution is -2.48. The van der Waals surface area contributed by atoms with Gasteiger partial charge in [0.2, 0.25) is 5.91 Å². The van der Waals surface area contributed by atoms with E-state index >= 15 is 0 Å². The average Bonchev–Trinajstić information content (AvgIpc) is 2.61. The van der Waals surface area contributed by atoms with Crippen LogP contribution in [0, 0.1) is 6.92 Å². The summed E-state index contributed by atoms with van der Waals surface area (Å²) in [5, 5.41) is 4.48. The van der Waals surface area contributed by atoms with Crippen LogP contribution in [-0.4, -0.2) is 52.2 Å².